The van der Waals surface area contributed by atoms with E-state index in [1.165, 1.54) is 30.6 Å². The van der Waals surface area contributed by atoms with Gasteiger partial charge in [0.25, 0.3) is 0 Å². The second-order valence-corrected chi connectivity index (χ2v) is 8.37. The third-order valence-electron chi connectivity index (χ3n) is 2.88. The molecule has 0 amide bonds. The zero-order valence-corrected chi connectivity index (χ0v) is 13.9. The molecule has 1 N–H and O–H groups in total. The van der Waals surface area contributed by atoms with E-state index in [1.807, 2.05) is 0 Å². The van der Waals surface area contributed by atoms with E-state index < -0.39 is 20.0 Å². The van der Waals surface area contributed by atoms with Gasteiger partial charge < -0.3 is 4.74 Å². The Morgan fingerprint density at radius 3 is 2.19 bits per heavy atom. The van der Waals surface area contributed by atoms with Crippen molar-refractivity contribution in [3.05, 3.63) is 24.3 Å². The highest BCUT2D eigenvalue weighted by Crippen LogP contribution is 2.15. The summed E-state index contributed by atoms with van der Waals surface area (Å²) in [6.45, 7) is 0.415. The molecule has 0 heterocycles. The van der Waals surface area contributed by atoms with Gasteiger partial charge in [-0.2, -0.15) is 0 Å². The van der Waals surface area contributed by atoms with Crippen LogP contribution in [0, 0.1) is 0 Å². The quantitative estimate of drug-likeness (QED) is 0.687. The summed E-state index contributed by atoms with van der Waals surface area (Å²) in [6.07, 6.45) is 1.49. The van der Waals surface area contributed by atoms with Gasteiger partial charge >= 0.3 is 0 Å². The Morgan fingerprint density at radius 2 is 1.71 bits per heavy atom. The van der Waals surface area contributed by atoms with Crippen molar-refractivity contribution in [2.45, 2.75) is 11.3 Å². The third kappa shape index (κ3) is 5.62. The van der Waals surface area contributed by atoms with Crippen LogP contribution in [-0.2, 0) is 20.0 Å². The zero-order chi connectivity index (χ0) is 16.1. The lowest BCUT2D eigenvalue weighted by atomic mass is 10.3. The minimum absolute atomic E-state index is 0.139. The molecule has 1 aromatic carbocycles. The van der Waals surface area contributed by atoms with Crippen LogP contribution in [-0.4, -0.2) is 54.6 Å². The number of nitrogens with zero attached hydrogens (tertiary/aromatic N) is 1. The van der Waals surface area contributed by atoms with E-state index in [-0.39, 0.29) is 18.0 Å². The highest BCUT2D eigenvalue weighted by molar-refractivity contribution is 7.89. The fourth-order valence-corrected chi connectivity index (χ4v) is 3.05. The molecule has 0 aromatic heterocycles. The Morgan fingerprint density at radius 1 is 1.14 bits per heavy atom. The van der Waals surface area contributed by atoms with Gasteiger partial charge in [-0.15, -0.1) is 0 Å². The lowest BCUT2D eigenvalue weighted by Crippen LogP contribution is -2.31. The van der Waals surface area contributed by atoms with Gasteiger partial charge in [-0.05, 0) is 30.7 Å². The topological polar surface area (TPSA) is 92.8 Å². The number of benzene rings is 1. The molecule has 0 saturated heterocycles. The number of methoxy groups -OCH3 is 1. The van der Waals surface area contributed by atoms with Crippen molar-refractivity contribution in [1.82, 2.24) is 9.03 Å². The van der Waals surface area contributed by atoms with Crippen LogP contribution >= 0.6 is 0 Å². The van der Waals surface area contributed by atoms with E-state index in [0.29, 0.717) is 12.2 Å². The van der Waals surface area contributed by atoms with E-state index in [0.717, 1.165) is 6.26 Å². The van der Waals surface area contributed by atoms with Crippen molar-refractivity contribution in [3.8, 4) is 5.75 Å². The van der Waals surface area contributed by atoms with E-state index >= 15 is 0 Å². The molecule has 21 heavy (non-hydrogen) atoms. The lowest BCUT2D eigenvalue weighted by Gasteiger charge is -2.14. The Hall–Kier alpha value is -1.16. The predicted molar refractivity (Wildman–Crippen MR) is 80.3 cm³/mol. The Kier molecular flexibility index (Phi) is 6.14. The van der Waals surface area contributed by atoms with E-state index in [9.17, 15) is 16.8 Å². The number of ether oxygens (including phenoxy) is 1. The molecule has 1 aromatic rings. The van der Waals surface area contributed by atoms with E-state index in [4.69, 9.17) is 4.74 Å². The maximum absolute atomic E-state index is 12.0. The van der Waals surface area contributed by atoms with Gasteiger partial charge in [0.05, 0.1) is 18.3 Å². The normalized spacial score (nSPS) is 12.6. The Labute approximate surface area is 126 Å². The summed E-state index contributed by atoms with van der Waals surface area (Å²) in [4.78, 5) is 0.139. The largest absolute Gasteiger partial charge is 0.497 e. The molecule has 120 valence electrons. The third-order valence-corrected chi connectivity index (χ3v) is 5.67. The standard InChI is InChI=1S/C12H20N2O5S2/c1-14(20(3,15)16)10-4-9-13-21(17,18)12-7-5-11(19-2)6-8-12/h5-8,13H,4,9-10H2,1-3H3. The van der Waals surface area contributed by atoms with Crippen LogP contribution in [0.5, 0.6) is 5.75 Å². The van der Waals surface area contributed by atoms with Crippen molar-refractivity contribution in [3.63, 3.8) is 0 Å². The second-order valence-electron chi connectivity index (χ2n) is 4.51. The van der Waals surface area contributed by atoms with Crippen LogP contribution in [0.2, 0.25) is 0 Å². The minimum Gasteiger partial charge on any atom is -0.497 e. The van der Waals surface area contributed by atoms with Gasteiger partial charge in [0.15, 0.2) is 0 Å². The van der Waals surface area contributed by atoms with Crippen LogP contribution < -0.4 is 9.46 Å². The van der Waals surface area contributed by atoms with Crippen LogP contribution in [0.3, 0.4) is 0 Å². The molecule has 0 atom stereocenters. The maximum atomic E-state index is 12.0. The SMILES string of the molecule is COc1ccc(S(=O)(=O)NCCCN(C)S(C)(=O)=O)cc1. The molecule has 0 spiro atoms. The van der Waals surface area contributed by atoms with Crippen LogP contribution in [0.15, 0.2) is 29.2 Å². The highest BCUT2D eigenvalue weighted by Gasteiger charge is 2.14. The van der Waals surface area contributed by atoms with Gasteiger partial charge in [0.1, 0.15) is 5.75 Å². The van der Waals surface area contributed by atoms with Crippen molar-refractivity contribution < 1.29 is 21.6 Å². The average molecular weight is 336 g/mol. The molecule has 0 radical (unpaired) electrons. The molecule has 1 rings (SSSR count). The summed E-state index contributed by atoms with van der Waals surface area (Å²) in [5.41, 5.74) is 0. The summed E-state index contributed by atoms with van der Waals surface area (Å²) >= 11 is 0. The van der Waals surface area contributed by atoms with Gasteiger partial charge in [0.2, 0.25) is 20.0 Å². The first-order chi connectivity index (χ1) is 9.66. The zero-order valence-electron chi connectivity index (χ0n) is 12.2. The number of nitrogens with one attached hydrogen (secondary N) is 1. The molecule has 0 aliphatic rings. The highest BCUT2D eigenvalue weighted by atomic mass is 32.2. The smallest absolute Gasteiger partial charge is 0.240 e. The molecule has 0 fully saturated rings. The van der Waals surface area contributed by atoms with Gasteiger partial charge in [-0.25, -0.2) is 25.9 Å². The summed E-state index contributed by atoms with van der Waals surface area (Å²) in [5, 5.41) is 0. The first-order valence-corrected chi connectivity index (χ1v) is 9.55. The number of hydrogen-bond acceptors (Lipinski definition) is 5. The summed E-state index contributed by atoms with van der Waals surface area (Å²) < 4.78 is 54.9. The van der Waals surface area contributed by atoms with Crippen LogP contribution in [0.25, 0.3) is 0 Å². The summed E-state index contributed by atoms with van der Waals surface area (Å²) in [7, 11) is -3.88. The van der Waals surface area contributed by atoms with Crippen LogP contribution in [0.1, 0.15) is 6.42 Å². The molecular weight excluding hydrogens is 316 g/mol. The molecule has 0 aliphatic carbocycles. The lowest BCUT2D eigenvalue weighted by molar-refractivity contribution is 0.414. The fourth-order valence-electron chi connectivity index (χ4n) is 1.51. The van der Waals surface area contributed by atoms with Crippen molar-refractivity contribution >= 4 is 20.0 Å². The molecule has 0 saturated carbocycles. The first kappa shape index (κ1) is 17.9. The fraction of sp³-hybridized carbons (Fsp3) is 0.500. The monoisotopic (exact) mass is 336 g/mol. The molecule has 0 bridgehead atoms. The molecular formula is C12H20N2O5S2. The van der Waals surface area contributed by atoms with Gasteiger partial charge in [-0.3, -0.25) is 0 Å². The maximum Gasteiger partial charge on any atom is 0.240 e. The number of rotatable bonds is 8. The van der Waals surface area contributed by atoms with Crippen LogP contribution in [0.4, 0.5) is 0 Å². The van der Waals surface area contributed by atoms with Gasteiger partial charge in [-0.1, -0.05) is 0 Å². The number of sulfonamides is 2. The van der Waals surface area contributed by atoms with E-state index in [2.05, 4.69) is 4.72 Å². The Bertz CT molecular complexity index is 653. The second kappa shape index (κ2) is 7.21. The van der Waals surface area contributed by atoms with Crippen molar-refractivity contribution in [2.24, 2.45) is 0 Å². The summed E-state index contributed by atoms with van der Waals surface area (Å²) in [6, 6.07) is 6.02. The van der Waals surface area contributed by atoms with Crippen molar-refractivity contribution in [1.29, 1.82) is 0 Å². The number of hydrogen-bond donors (Lipinski definition) is 1. The summed E-state index contributed by atoms with van der Waals surface area (Å²) in [5.74, 6) is 0.573. The average Bonchev–Trinajstić information content (AvgIpc) is 2.42. The molecule has 0 unspecified atom stereocenters. The molecule has 7 nitrogen and oxygen atoms in total. The van der Waals surface area contributed by atoms with E-state index in [1.54, 1.807) is 12.1 Å². The minimum atomic E-state index is -3.59. The predicted octanol–water partition coefficient (Wildman–Crippen LogP) is 0.255. The Balaban J connectivity index is 2.53. The van der Waals surface area contributed by atoms with Crippen molar-refractivity contribution in [2.75, 3.05) is 33.5 Å². The first-order valence-electron chi connectivity index (χ1n) is 6.22. The van der Waals surface area contributed by atoms with Gasteiger partial charge in [0, 0.05) is 20.1 Å². The molecule has 9 heteroatoms. The molecule has 0 aliphatic heterocycles.